The second kappa shape index (κ2) is 11.4. The first-order chi connectivity index (χ1) is 17.8. The summed E-state index contributed by atoms with van der Waals surface area (Å²) in [5, 5.41) is 13.5. The van der Waals surface area contributed by atoms with Gasteiger partial charge in [-0.2, -0.15) is 0 Å². The molecule has 0 bridgehead atoms. The summed E-state index contributed by atoms with van der Waals surface area (Å²) >= 11 is 0. The van der Waals surface area contributed by atoms with Gasteiger partial charge in [0.15, 0.2) is 0 Å². The van der Waals surface area contributed by atoms with E-state index in [4.69, 9.17) is 15.9 Å². The summed E-state index contributed by atoms with van der Waals surface area (Å²) in [7, 11) is 1.29. The minimum absolute atomic E-state index is 0.0482. The number of benzene rings is 3. The summed E-state index contributed by atoms with van der Waals surface area (Å²) in [6.45, 7) is 0.751. The number of nitrogens with one attached hydrogen (secondary N) is 3. The van der Waals surface area contributed by atoms with Crippen LogP contribution in [0.3, 0.4) is 0 Å². The number of nitrogen functional groups attached to an aromatic ring is 1. The topological polar surface area (TPSA) is 138 Å². The monoisotopic (exact) mass is 499 g/mol. The van der Waals surface area contributed by atoms with E-state index in [0.29, 0.717) is 42.0 Å². The van der Waals surface area contributed by atoms with Crippen molar-refractivity contribution >= 4 is 35.0 Å². The third-order valence-corrected chi connectivity index (χ3v) is 6.23. The van der Waals surface area contributed by atoms with Crippen LogP contribution < -0.4 is 16.4 Å². The predicted molar refractivity (Wildman–Crippen MR) is 141 cm³/mol. The van der Waals surface area contributed by atoms with Crippen molar-refractivity contribution in [3.63, 3.8) is 0 Å². The molecule has 0 aromatic heterocycles. The maximum atomic E-state index is 13.4. The standard InChI is InChI=1S/C28H29N5O4/c1-37-25(34)16-24-28(36)33(14-13-18-5-3-2-4-6-18)17-21-15-20(9-12-23(21)32-24)27(35)31-22-10-7-19(8-11-22)26(29)30/h2-12,15,24,32H,13-14,16-17H2,1H3,(H3,29,30)(H,31,35)/t24-/m0/s1. The average Bonchev–Trinajstić information content (AvgIpc) is 3.03. The van der Waals surface area contributed by atoms with Crippen LogP contribution in [0, 0.1) is 5.41 Å². The first-order valence-corrected chi connectivity index (χ1v) is 11.9. The van der Waals surface area contributed by atoms with Crippen molar-refractivity contribution in [3.05, 3.63) is 95.1 Å². The maximum absolute atomic E-state index is 13.4. The third-order valence-electron chi connectivity index (χ3n) is 6.23. The molecule has 1 heterocycles. The van der Waals surface area contributed by atoms with Crippen LogP contribution in [0.25, 0.3) is 0 Å². The van der Waals surface area contributed by atoms with E-state index in [1.165, 1.54) is 7.11 Å². The normalized spacial score (nSPS) is 14.7. The Hall–Kier alpha value is -4.66. The van der Waals surface area contributed by atoms with Crippen molar-refractivity contribution < 1.29 is 19.1 Å². The van der Waals surface area contributed by atoms with Crippen molar-refractivity contribution in [2.24, 2.45) is 5.73 Å². The van der Waals surface area contributed by atoms with Crippen molar-refractivity contribution in [3.8, 4) is 0 Å². The summed E-state index contributed by atoms with van der Waals surface area (Å²) in [6, 6.07) is 21.0. The van der Waals surface area contributed by atoms with Gasteiger partial charge in [0.2, 0.25) is 5.91 Å². The molecule has 4 rings (SSSR count). The number of esters is 1. The van der Waals surface area contributed by atoms with Crippen molar-refractivity contribution in [1.82, 2.24) is 4.90 Å². The molecule has 0 saturated carbocycles. The lowest BCUT2D eigenvalue weighted by Crippen LogP contribution is -2.42. The van der Waals surface area contributed by atoms with Crippen LogP contribution in [0.15, 0.2) is 72.8 Å². The second-order valence-corrected chi connectivity index (χ2v) is 8.79. The fourth-order valence-electron chi connectivity index (χ4n) is 4.18. The third kappa shape index (κ3) is 6.32. The molecular formula is C28H29N5O4. The zero-order valence-corrected chi connectivity index (χ0v) is 20.5. The van der Waals surface area contributed by atoms with Crippen molar-refractivity contribution in [1.29, 1.82) is 5.41 Å². The van der Waals surface area contributed by atoms with Gasteiger partial charge in [-0.05, 0) is 60.0 Å². The number of anilines is 2. The van der Waals surface area contributed by atoms with Gasteiger partial charge < -0.3 is 26.0 Å². The number of ether oxygens (including phenoxy) is 1. The van der Waals surface area contributed by atoms with Gasteiger partial charge in [0, 0.05) is 35.6 Å². The lowest BCUT2D eigenvalue weighted by Gasteiger charge is -2.24. The summed E-state index contributed by atoms with van der Waals surface area (Å²) in [4.78, 5) is 40.1. The van der Waals surface area contributed by atoms with Gasteiger partial charge in [-0.1, -0.05) is 30.3 Å². The van der Waals surface area contributed by atoms with E-state index in [0.717, 1.165) is 11.1 Å². The van der Waals surface area contributed by atoms with Crippen LogP contribution in [0.1, 0.15) is 33.5 Å². The second-order valence-electron chi connectivity index (χ2n) is 8.79. The molecule has 0 spiro atoms. The highest BCUT2D eigenvalue weighted by Gasteiger charge is 2.31. The van der Waals surface area contributed by atoms with E-state index in [2.05, 4.69) is 10.6 Å². The summed E-state index contributed by atoms with van der Waals surface area (Å²) in [6.07, 6.45) is 0.554. The van der Waals surface area contributed by atoms with Gasteiger partial charge in [-0.15, -0.1) is 0 Å². The van der Waals surface area contributed by atoms with Crippen molar-refractivity contribution in [2.75, 3.05) is 24.3 Å². The number of fused-ring (bicyclic) bond motifs is 1. The first kappa shape index (κ1) is 25.4. The van der Waals surface area contributed by atoms with Crippen LogP contribution in [0.4, 0.5) is 11.4 Å². The zero-order valence-electron chi connectivity index (χ0n) is 20.5. The number of amides is 2. The van der Waals surface area contributed by atoms with Gasteiger partial charge >= 0.3 is 5.97 Å². The van der Waals surface area contributed by atoms with E-state index in [1.54, 1.807) is 47.4 Å². The van der Waals surface area contributed by atoms with Crippen LogP contribution in [0.2, 0.25) is 0 Å². The van der Waals surface area contributed by atoms with Crippen LogP contribution in [-0.2, 0) is 27.3 Å². The number of rotatable bonds is 8. The highest BCUT2D eigenvalue weighted by atomic mass is 16.5. The molecule has 37 heavy (non-hydrogen) atoms. The van der Waals surface area contributed by atoms with E-state index >= 15 is 0 Å². The maximum Gasteiger partial charge on any atom is 0.308 e. The smallest absolute Gasteiger partial charge is 0.308 e. The van der Waals surface area contributed by atoms with Crippen LogP contribution >= 0.6 is 0 Å². The minimum atomic E-state index is -0.774. The molecule has 1 aliphatic rings. The fourth-order valence-corrected chi connectivity index (χ4v) is 4.18. The summed E-state index contributed by atoms with van der Waals surface area (Å²) < 4.78 is 4.80. The summed E-state index contributed by atoms with van der Waals surface area (Å²) in [5.74, 6) is -1.04. The Morgan fingerprint density at radius 2 is 1.78 bits per heavy atom. The number of hydrogen-bond acceptors (Lipinski definition) is 6. The van der Waals surface area contributed by atoms with Gasteiger partial charge in [0.1, 0.15) is 11.9 Å². The number of carbonyl (C=O) groups is 3. The average molecular weight is 500 g/mol. The molecular weight excluding hydrogens is 470 g/mol. The lowest BCUT2D eigenvalue weighted by molar-refractivity contribution is -0.144. The Morgan fingerprint density at radius 1 is 1.08 bits per heavy atom. The molecule has 1 atom stereocenters. The first-order valence-electron chi connectivity index (χ1n) is 11.9. The van der Waals surface area contributed by atoms with Gasteiger partial charge in [0.25, 0.3) is 5.91 Å². The number of carbonyl (C=O) groups excluding carboxylic acids is 3. The van der Waals surface area contributed by atoms with Gasteiger partial charge in [-0.3, -0.25) is 19.8 Å². The summed E-state index contributed by atoms with van der Waals surface area (Å²) in [5.41, 5.74) is 9.61. The van der Waals surface area contributed by atoms with Gasteiger partial charge in [0.05, 0.1) is 13.5 Å². The highest BCUT2D eigenvalue weighted by Crippen LogP contribution is 2.26. The molecule has 3 aromatic rings. The molecule has 9 nitrogen and oxygen atoms in total. The molecule has 0 saturated heterocycles. The molecule has 190 valence electrons. The van der Waals surface area contributed by atoms with E-state index in [9.17, 15) is 14.4 Å². The van der Waals surface area contributed by atoms with Crippen molar-refractivity contribution in [2.45, 2.75) is 25.4 Å². The Balaban J connectivity index is 1.56. The quantitative estimate of drug-likeness (QED) is 0.213. The predicted octanol–water partition coefficient (Wildman–Crippen LogP) is 3.15. The zero-order chi connectivity index (χ0) is 26.4. The Kier molecular flexibility index (Phi) is 7.83. The molecule has 0 radical (unpaired) electrons. The molecule has 9 heteroatoms. The molecule has 5 N–H and O–H groups in total. The molecule has 0 aliphatic carbocycles. The Morgan fingerprint density at radius 3 is 2.46 bits per heavy atom. The number of nitrogens with zero attached hydrogens (tertiary/aromatic N) is 1. The lowest BCUT2D eigenvalue weighted by atomic mass is 10.1. The number of methoxy groups -OCH3 is 1. The number of nitrogens with two attached hydrogens (primary N) is 1. The number of hydrogen-bond donors (Lipinski definition) is 4. The Labute approximate surface area is 215 Å². The molecule has 2 amide bonds. The molecule has 0 fully saturated rings. The largest absolute Gasteiger partial charge is 0.469 e. The molecule has 0 unspecified atom stereocenters. The van der Waals surface area contributed by atoms with E-state index < -0.39 is 12.0 Å². The number of amidine groups is 1. The molecule has 1 aliphatic heterocycles. The minimum Gasteiger partial charge on any atom is -0.469 e. The SMILES string of the molecule is COC(=O)C[C@@H]1Nc2ccc(C(=O)Nc3ccc(C(=N)N)cc3)cc2CN(CCc2ccccc2)C1=O. The van der Waals surface area contributed by atoms with Gasteiger partial charge in [-0.25, -0.2) is 0 Å². The highest BCUT2D eigenvalue weighted by molar-refractivity contribution is 6.05. The molecule has 3 aromatic carbocycles. The Bertz CT molecular complexity index is 1310. The van der Waals surface area contributed by atoms with E-state index in [1.807, 2.05) is 30.3 Å². The van der Waals surface area contributed by atoms with Crippen LogP contribution in [-0.4, -0.2) is 48.2 Å². The van der Waals surface area contributed by atoms with Crippen LogP contribution in [0.5, 0.6) is 0 Å². The fraction of sp³-hybridized carbons (Fsp3) is 0.214. The van der Waals surface area contributed by atoms with E-state index in [-0.39, 0.29) is 24.1 Å².